The van der Waals surface area contributed by atoms with Gasteiger partial charge < -0.3 is 24.6 Å². The van der Waals surface area contributed by atoms with Crippen LogP contribution in [0.1, 0.15) is 91.9 Å². The van der Waals surface area contributed by atoms with Gasteiger partial charge in [-0.1, -0.05) is 34.1 Å². The average molecular weight is 560 g/mol. The molecule has 5 fully saturated rings. The van der Waals surface area contributed by atoms with Gasteiger partial charge in [-0.2, -0.15) is 0 Å². The number of amides is 1. The van der Waals surface area contributed by atoms with Crippen molar-refractivity contribution in [3.8, 4) is 25.7 Å². The number of aliphatic hydroxyl groups excluding tert-OH is 2. The number of carbonyl (C=O) groups is 1. The Morgan fingerprint density at radius 2 is 1.65 bits per heavy atom. The van der Waals surface area contributed by atoms with Crippen LogP contribution in [-0.2, 0) is 9.47 Å². The number of nitrogens with zero attached hydrogens (tertiary/aromatic N) is 1. The zero-order valence-electron chi connectivity index (χ0n) is 26.3. The van der Waals surface area contributed by atoms with Crippen LogP contribution in [0.2, 0.25) is 0 Å². The molecule has 4 saturated carbocycles. The van der Waals surface area contributed by atoms with Crippen LogP contribution in [0.3, 0.4) is 0 Å². The summed E-state index contributed by atoms with van der Waals surface area (Å²) in [6.07, 6.45) is 28.9. The van der Waals surface area contributed by atoms with Gasteiger partial charge in [-0.05, 0) is 103 Å². The van der Waals surface area contributed by atoms with Crippen molar-refractivity contribution in [2.45, 2.75) is 104 Å². The van der Waals surface area contributed by atoms with Crippen LogP contribution in [0.4, 0.5) is 4.79 Å². The Hall–Kier alpha value is -1.73. The van der Waals surface area contributed by atoms with Gasteiger partial charge in [0.15, 0.2) is 0 Å². The third-order valence-corrected chi connectivity index (χ3v) is 11.8. The van der Waals surface area contributed by atoms with Crippen molar-refractivity contribution in [1.29, 1.82) is 0 Å². The van der Waals surface area contributed by atoms with Crippen LogP contribution in [0.15, 0.2) is 0 Å². The fourth-order valence-electron chi connectivity index (χ4n) is 10.3. The molecular formula is C34H57NO5. The normalized spacial score (nSPS) is 40.3. The Labute approximate surface area is 245 Å². The van der Waals surface area contributed by atoms with Crippen LogP contribution < -0.4 is 0 Å². The number of carbonyl (C=O) groups excluding carboxylic acids is 1. The van der Waals surface area contributed by atoms with Crippen LogP contribution in [0.25, 0.3) is 0 Å². The summed E-state index contributed by atoms with van der Waals surface area (Å²) in [6, 6.07) is 0. The Balaban J connectivity index is 0.000000876. The van der Waals surface area contributed by atoms with Crippen LogP contribution in [-0.4, -0.2) is 67.8 Å². The van der Waals surface area contributed by atoms with Crippen molar-refractivity contribution in [3.05, 3.63) is 0 Å². The number of aliphatic hydroxyl groups is 2. The van der Waals surface area contributed by atoms with E-state index in [1.807, 2.05) is 0 Å². The summed E-state index contributed by atoms with van der Waals surface area (Å²) in [5, 5.41) is 17.3. The smallest absolute Gasteiger partial charge is 0.409 e. The Morgan fingerprint density at radius 3 is 2.23 bits per heavy atom. The van der Waals surface area contributed by atoms with Gasteiger partial charge in [-0.15, -0.1) is 25.7 Å². The third kappa shape index (κ3) is 5.54. The molecule has 0 aromatic heterocycles. The largest absolute Gasteiger partial charge is 0.447 e. The quantitative estimate of drug-likeness (QED) is 0.391. The van der Waals surface area contributed by atoms with E-state index in [1.165, 1.54) is 62.7 Å². The molecule has 5 aliphatic rings. The van der Waals surface area contributed by atoms with E-state index in [0.717, 1.165) is 25.4 Å². The lowest BCUT2D eigenvalue weighted by Crippen LogP contribution is -2.50. The summed E-state index contributed by atoms with van der Waals surface area (Å²) in [7, 11) is 4.45. The van der Waals surface area contributed by atoms with Crippen molar-refractivity contribution in [2.75, 3.05) is 34.4 Å². The number of terminal acetylenes is 2. The van der Waals surface area contributed by atoms with E-state index in [2.05, 4.69) is 53.4 Å². The van der Waals surface area contributed by atoms with Crippen LogP contribution in [0.5, 0.6) is 0 Å². The first kappa shape index (κ1) is 34.5. The summed E-state index contributed by atoms with van der Waals surface area (Å²) in [4.78, 5) is 13.4. The van der Waals surface area contributed by atoms with E-state index in [0.29, 0.717) is 47.4 Å². The highest BCUT2D eigenvalue weighted by atomic mass is 16.6. The van der Waals surface area contributed by atoms with E-state index in [4.69, 9.17) is 14.6 Å². The van der Waals surface area contributed by atoms with Gasteiger partial charge in [0.05, 0.1) is 12.2 Å². The highest BCUT2D eigenvalue weighted by molar-refractivity contribution is 5.66. The lowest BCUT2D eigenvalue weighted by atomic mass is 9.48. The minimum atomic E-state index is -0.275. The summed E-state index contributed by atoms with van der Waals surface area (Å²) in [6.45, 7) is 10.3. The van der Waals surface area contributed by atoms with Crippen molar-refractivity contribution < 1.29 is 24.5 Å². The zero-order valence-corrected chi connectivity index (χ0v) is 26.3. The monoisotopic (exact) mass is 559 g/mol. The average Bonchev–Trinajstić information content (AvgIpc) is 3.54. The van der Waals surface area contributed by atoms with E-state index in [9.17, 15) is 9.90 Å². The fourth-order valence-corrected chi connectivity index (χ4v) is 10.3. The molecule has 6 unspecified atom stereocenters. The Morgan fingerprint density at radius 1 is 1.02 bits per heavy atom. The predicted molar refractivity (Wildman–Crippen MR) is 161 cm³/mol. The van der Waals surface area contributed by atoms with Gasteiger partial charge in [-0.3, -0.25) is 0 Å². The van der Waals surface area contributed by atoms with Gasteiger partial charge in [0, 0.05) is 27.8 Å². The molecule has 1 amide bonds. The first-order valence-corrected chi connectivity index (χ1v) is 15.3. The van der Waals surface area contributed by atoms with Gasteiger partial charge in [0.2, 0.25) is 0 Å². The second-order valence-electron chi connectivity index (χ2n) is 13.9. The van der Waals surface area contributed by atoms with Crippen molar-refractivity contribution in [1.82, 2.24) is 4.90 Å². The minimum absolute atomic E-state index is 0.0222. The topological polar surface area (TPSA) is 79.2 Å². The third-order valence-electron chi connectivity index (χ3n) is 11.8. The Kier molecular flexibility index (Phi) is 11.6. The maximum absolute atomic E-state index is 11.9. The van der Waals surface area contributed by atoms with E-state index >= 15 is 0 Å². The molecule has 6 nitrogen and oxygen atoms in total. The number of hydrogen-bond acceptors (Lipinski definition) is 5. The van der Waals surface area contributed by atoms with Crippen molar-refractivity contribution in [2.24, 2.45) is 45.3 Å². The molecule has 1 spiro atoms. The predicted octanol–water partition coefficient (Wildman–Crippen LogP) is 6.00. The summed E-state index contributed by atoms with van der Waals surface area (Å²) in [5.74, 6) is 2.89. The standard InChI is InChI=1S/C29H49NO4.2C2H2.CH4O/c1-7-12-29-17-28(29)14-13-27(4)21-9-8-19(16-33-25(32)30(5)6)34-23(21)15-22(27)20(28)10-11-24(29)26(2,3)18-31;3*1-2/h19-24,31H,7-18H2,1-6H3;2*1-2H;2H,1H3/t19?,20?,21?,22?,23?,24?,27-,28+,29-;;;/m1.../s1. The maximum atomic E-state index is 11.9. The first-order chi connectivity index (χ1) is 19.0. The van der Waals surface area contributed by atoms with Crippen LogP contribution in [0, 0.1) is 71.0 Å². The fraction of sp³-hybridized carbons (Fsp3) is 0.853. The van der Waals surface area contributed by atoms with Gasteiger partial charge in [-0.25, -0.2) is 4.79 Å². The lowest BCUT2D eigenvalue weighted by molar-refractivity contribution is -0.116. The van der Waals surface area contributed by atoms with Gasteiger partial charge in [0.25, 0.3) is 0 Å². The summed E-state index contributed by atoms with van der Waals surface area (Å²) in [5.41, 5.74) is 1.38. The molecule has 1 heterocycles. The molecular weight excluding hydrogens is 502 g/mol. The molecule has 5 rings (SSSR count). The van der Waals surface area contributed by atoms with Crippen molar-refractivity contribution in [3.63, 3.8) is 0 Å². The number of hydrogen-bond donors (Lipinski definition) is 2. The van der Waals surface area contributed by atoms with Gasteiger partial charge in [0.1, 0.15) is 6.61 Å². The van der Waals surface area contributed by atoms with E-state index < -0.39 is 0 Å². The molecule has 6 heteroatoms. The lowest BCUT2D eigenvalue weighted by Gasteiger charge is -2.56. The number of fused-ring (bicyclic) bond motifs is 4. The SMILES string of the molecule is C#C.C#C.CCC[C@]12C[C@]13CC[C@]1(C)C4CCC(COC(=O)N(C)C)OC4CC1C3CCC2C(C)(C)CO.CO. The first-order valence-electron chi connectivity index (χ1n) is 15.3. The summed E-state index contributed by atoms with van der Waals surface area (Å²) < 4.78 is 12.1. The maximum Gasteiger partial charge on any atom is 0.409 e. The number of ether oxygens (including phenoxy) is 2. The highest BCUT2D eigenvalue weighted by Gasteiger charge is 2.79. The van der Waals surface area contributed by atoms with Crippen molar-refractivity contribution >= 4 is 6.09 Å². The van der Waals surface area contributed by atoms with Gasteiger partial charge >= 0.3 is 6.09 Å². The van der Waals surface area contributed by atoms with E-state index in [1.54, 1.807) is 14.1 Å². The molecule has 4 aliphatic carbocycles. The zero-order chi connectivity index (χ0) is 30.5. The molecule has 0 aromatic carbocycles. The Bertz CT molecular complexity index is 876. The molecule has 40 heavy (non-hydrogen) atoms. The van der Waals surface area contributed by atoms with E-state index in [-0.39, 0.29) is 17.6 Å². The second-order valence-corrected chi connectivity index (χ2v) is 13.9. The number of rotatable bonds is 6. The molecule has 9 atom stereocenters. The highest BCUT2D eigenvalue weighted by Crippen LogP contribution is 2.85. The molecule has 0 radical (unpaired) electrons. The second kappa shape index (κ2) is 13.5. The molecule has 0 aromatic rings. The molecule has 228 valence electrons. The molecule has 1 saturated heterocycles. The minimum Gasteiger partial charge on any atom is -0.447 e. The van der Waals surface area contributed by atoms with Crippen LogP contribution >= 0.6 is 0 Å². The molecule has 2 N–H and O–H groups in total. The summed E-state index contributed by atoms with van der Waals surface area (Å²) >= 11 is 0. The molecule has 0 bridgehead atoms. The molecule has 1 aliphatic heterocycles.